The van der Waals surface area contributed by atoms with E-state index in [1.807, 2.05) is 19.1 Å². The van der Waals surface area contributed by atoms with Crippen molar-refractivity contribution in [1.82, 2.24) is 9.78 Å². The first-order chi connectivity index (χ1) is 13.9. The standard InChI is InChI=1S/C22H19F2N3O2/c1-3-13-4-6-14(7-5-13)21(29)16-11-19(28)25-22-20(16)12(2)26-27(22)18-9-8-15(23)10-17(18)24/h4-10,16H,3,11H2,1-2H3,(H,25,28)/t16-/m0/s1. The Morgan fingerprint density at radius 3 is 2.59 bits per heavy atom. The molecule has 0 aliphatic carbocycles. The number of rotatable bonds is 4. The van der Waals surface area contributed by atoms with Gasteiger partial charge in [-0.25, -0.2) is 13.5 Å². The van der Waals surface area contributed by atoms with Gasteiger partial charge in [0.05, 0.1) is 11.6 Å². The second kappa shape index (κ2) is 7.24. The molecule has 5 nitrogen and oxygen atoms in total. The summed E-state index contributed by atoms with van der Waals surface area (Å²) in [5.41, 5.74) is 2.67. The Hall–Kier alpha value is -3.35. The zero-order valence-corrected chi connectivity index (χ0v) is 16.0. The van der Waals surface area contributed by atoms with Gasteiger partial charge in [-0.2, -0.15) is 5.10 Å². The Balaban J connectivity index is 1.80. The molecule has 148 valence electrons. The Bertz CT molecular complexity index is 1120. The van der Waals surface area contributed by atoms with Crippen LogP contribution in [0.15, 0.2) is 42.5 Å². The van der Waals surface area contributed by atoms with Gasteiger partial charge in [-0.3, -0.25) is 9.59 Å². The Morgan fingerprint density at radius 2 is 1.93 bits per heavy atom. The second-order valence-electron chi connectivity index (χ2n) is 7.07. The molecule has 0 fully saturated rings. The van der Waals surface area contributed by atoms with Crippen molar-refractivity contribution in [3.05, 3.63) is 76.5 Å². The number of fused-ring (bicyclic) bond motifs is 1. The smallest absolute Gasteiger partial charge is 0.226 e. The largest absolute Gasteiger partial charge is 0.310 e. The number of nitrogens with one attached hydrogen (secondary N) is 1. The maximum absolute atomic E-state index is 14.3. The molecule has 0 radical (unpaired) electrons. The van der Waals surface area contributed by atoms with Crippen molar-refractivity contribution >= 4 is 17.5 Å². The summed E-state index contributed by atoms with van der Waals surface area (Å²) >= 11 is 0. The highest BCUT2D eigenvalue weighted by Crippen LogP contribution is 2.38. The van der Waals surface area contributed by atoms with E-state index in [0.29, 0.717) is 16.8 Å². The number of amides is 1. The van der Waals surface area contributed by atoms with E-state index in [1.165, 1.54) is 10.7 Å². The van der Waals surface area contributed by atoms with Gasteiger partial charge in [0.15, 0.2) is 11.6 Å². The molecule has 0 unspecified atom stereocenters. The van der Waals surface area contributed by atoms with E-state index < -0.39 is 17.6 Å². The normalized spacial score (nSPS) is 15.7. The van der Waals surface area contributed by atoms with E-state index in [-0.39, 0.29) is 29.6 Å². The number of nitrogens with zero attached hydrogens (tertiary/aromatic N) is 2. The maximum atomic E-state index is 14.3. The van der Waals surface area contributed by atoms with Crippen LogP contribution in [0.3, 0.4) is 0 Å². The van der Waals surface area contributed by atoms with Crippen molar-refractivity contribution < 1.29 is 18.4 Å². The predicted octanol–water partition coefficient (Wildman–Crippen LogP) is 4.33. The van der Waals surface area contributed by atoms with Crippen molar-refractivity contribution in [3.63, 3.8) is 0 Å². The number of carbonyl (C=O) groups excluding carboxylic acids is 2. The van der Waals surface area contributed by atoms with E-state index in [1.54, 1.807) is 19.1 Å². The minimum absolute atomic E-state index is 0.00329. The lowest BCUT2D eigenvalue weighted by molar-refractivity contribution is -0.116. The lowest BCUT2D eigenvalue weighted by Gasteiger charge is -2.23. The van der Waals surface area contributed by atoms with Crippen LogP contribution in [0.5, 0.6) is 0 Å². The molecule has 1 aromatic heterocycles. The van der Waals surface area contributed by atoms with Gasteiger partial charge in [0.2, 0.25) is 5.91 Å². The molecule has 2 aromatic carbocycles. The number of Topliss-reactive ketones (excluding diaryl/α,β-unsaturated/α-hetero) is 1. The molecule has 2 heterocycles. The fourth-order valence-corrected chi connectivity index (χ4v) is 3.70. The van der Waals surface area contributed by atoms with Crippen LogP contribution in [0, 0.1) is 18.6 Å². The van der Waals surface area contributed by atoms with Crippen LogP contribution >= 0.6 is 0 Å². The summed E-state index contributed by atoms with van der Waals surface area (Å²) < 4.78 is 28.8. The molecule has 1 amide bonds. The molecule has 0 spiro atoms. The van der Waals surface area contributed by atoms with E-state index >= 15 is 0 Å². The van der Waals surface area contributed by atoms with Gasteiger partial charge in [0.1, 0.15) is 17.3 Å². The van der Waals surface area contributed by atoms with Gasteiger partial charge < -0.3 is 5.32 Å². The molecule has 7 heteroatoms. The number of hydrogen-bond acceptors (Lipinski definition) is 3. The second-order valence-corrected chi connectivity index (χ2v) is 7.07. The van der Waals surface area contributed by atoms with Gasteiger partial charge in [0, 0.05) is 23.6 Å². The van der Waals surface area contributed by atoms with Gasteiger partial charge in [-0.15, -0.1) is 0 Å². The van der Waals surface area contributed by atoms with E-state index in [9.17, 15) is 18.4 Å². The quantitative estimate of drug-likeness (QED) is 0.669. The SMILES string of the molecule is CCc1ccc(C(=O)[C@H]2CC(=O)Nc3c2c(C)nn3-c2ccc(F)cc2F)cc1. The summed E-state index contributed by atoms with van der Waals surface area (Å²) in [7, 11) is 0. The van der Waals surface area contributed by atoms with Gasteiger partial charge in [0.25, 0.3) is 0 Å². The summed E-state index contributed by atoms with van der Waals surface area (Å²) in [6.45, 7) is 3.73. The molecule has 4 rings (SSSR count). The van der Waals surface area contributed by atoms with Crippen molar-refractivity contribution in [3.8, 4) is 5.69 Å². The molecule has 1 atom stereocenters. The zero-order chi connectivity index (χ0) is 20.7. The Morgan fingerprint density at radius 1 is 1.21 bits per heavy atom. The van der Waals surface area contributed by atoms with Crippen LogP contribution in [-0.4, -0.2) is 21.5 Å². The predicted molar refractivity (Wildman–Crippen MR) is 104 cm³/mol. The van der Waals surface area contributed by atoms with Crippen LogP contribution in [0.2, 0.25) is 0 Å². The molecular weight excluding hydrogens is 376 g/mol. The number of aromatic nitrogens is 2. The first-order valence-corrected chi connectivity index (χ1v) is 9.37. The third kappa shape index (κ3) is 3.33. The van der Waals surface area contributed by atoms with Crippen LogP contribution < -0.4 is 5.32 Å². The minimum Gasteiger partial charge on any atom is -0.310 e. The average Bonchev–Trinajstić information content (AvgIpc) is 3.03. The van der Waals surface area contributed by atoms with E-state index in [4.69, 9.17) is 0 Å². The lowest BCUT2D eigenvalue weighted by atomic mass is 9.85. The molecule has 1 N–H and O–H groups in total. The number of anilines is 1. The minimum atomic E-state index is -0.812. The number of carbonyl (C=O) groups is 2. The summed E-state index contributed by atoms with van der Waals surface area (Å²) in [6.07, 6.45) is 0.847. The highest BCUT2D eigenvalue weighted by atomic mass is 19.1. The van der Waals surface area contributed by atoms with Crippen molar-refractivity contribution in [1.29, 1.82) is 0 Å². The number of hydrogen-bond donors (Lipinski definition) is 1. The molecule has 0 bridgehead atoms. The van der Waals surface area contributed by atoms with Crippen LogP contribution in [0.25, 0.3) is 5.69 Å². The molecule has 1 aliphatic rings. The van der Waals surface area contributed by atoms with Gasteiger partial charge >= 0.3 is 0 Å². The van der Waals surface area contributed by atoms with Crippen molar-refractivity contribution in [2.75, 3.05) is 5.32 Å². The average molecular weight is 395 g/mol. The van der Waals surface area contributed by atoms with E-state index in [2.05, 4.69) is 10.4 Å². The fraction of sp³-hybridized carbons (Fsp3) is 0.227. The summed E-state index contributed by atoms with van der Waals surface area (Å²) in [6, 6.07) is 10.4. The molecule has 29 heavy (non-hydrogen) atoms. The zero-order valence-electron chi connectivity index (χ0n) is 16.0. The third-order valence-electron chi connectivity index (χ3n) is 5.20. The lowest BCUT2D eigenvalue weighted by Crippen LogP contribution is -2.28. The number of halogens is 2. The number of aryl methyl sites for hydroxylation is 2. The van der Waals surface area contributed by atoms with Crippen molar-refractivity contribution in [2.45, 2.75) is 32.6 Å². The van der Waals surface area contributed by atoms with Gasteiger partial charge in [-0.1, -0.05) is 31.2 Å². The van der Waals surface area contributed by atoms with E-state index in [0.717, 1.165) is 24.1 Å². The highest BCUT2D eigenvalue weighted by molar-refractivity contribution is 6.08. The summed E-state index contributed by atoms with van der Waals surface area (Å²) in [4.78, 5) is 25.5. The first-order valence-electron chi connectivity index (χ1n) is 9.37. The summed E-state index contributed by atoms with van der Waals surface area (Å²) in [5.74, 6) is -2.54. The number of benzene rings is 2. The molecule has 1 aliphatic heterocycles. The maximum Gasteiger partial charge on any atom is 0.226 e. The highest BCUT2D eigenvalue weighted by Gasteiger charge is 2.36. The van der Waals surface area contributed by atoms with Crippen LogP contribution in [-0.2, 0) is 11.2 Å². The van der Waals surface area contributed by atoms with Crippen molar-refractivity contribution in [2.24, 2.45) is 0 Å². The Kier molecular flexibility index (Phi) is 4.74. The van der Waals surface area contributed by atoms with Gasteiger partial charge in [-0.05, 0) is 31.0 Å². The molecule has 0 saturated heterocycles. The van der Waals surface area contributed by atoms with Crippen LogP contribution in [0.4, 0.5) is 14.6 Å². The third-order valence-corrected chi connectivity index (χ3v) is 5.20. The topological polar surface area (TPSA) is 64.0 Å². The molecule has 0 saturated carbocycles. The molecular formula is C22H19F2N3O2. The fourth-order valence-electron chi connectivity index (χ4n) is 3.70. The monoisotopic (exact) mass is 395 g/mol. The number of ketones is 1. The van der Waals surface area contributed by atoms with Crippen LogP contribution in [0.1, 0.15) is 46.4 Å². The Labute approximate surface area is 166 Å². The summed E-state index contributed by atoms with van der Waals surface area (Å²) in [5, 5.41) is 7.02. The molecule has 3 aromatic rings. The first kappa shape index (κ1) is 19.0.